The topological polar surface area (TPSA) is 49.3 Å². The Labute approximate surface area is 170 Å². The fourth-order valence-corrected chi connectivity index (χ4v) is 3.27. The molecule has 0 bridgehead atoms. The third kappa shape index (κ3) is 8.41. The van der Waals surface area contributed by atoms with Gasteiger partial charge in [-0.3, -0.25) is 4.99 Å². The predicted molar refractivity (Wildman–Crippen MR) is 114 cm³/mol. The zero-order chi connectivity index (χ0) is 17.2. The second kappa shape index (κ2) is 13.1. The summed E-state index contributed by atoms with van der Waals surface area (Å²) in [5, 5.41) is 3.48. The van der Waals surface area contributed by atoms with Gasteiger partial charge in [0.25, 0.3) is 0 Å². The molecule has 0 saturated carbocycles. The summed E-state index contributed by atoms with van der Waals surface area (Å²) in [6.07, 6.45) is 6.47. The molecule has 0 radical (unpaired) electrons. The summed E-state index contributed by atoms with van der Waals surface area (Å²) in [4.78, 5) is 9.08. The van der Waals surface area contributed by atoms with E-state index >= 15 is 0 Å². The molecule has 2 fully saturated rings. The van der Waals surface area contributed by atoms with Crippen LogP contribution in [0.4, 0.5) is 0 Å². The molecule has 2 heterocycles. The van der Waals surface area contributed by atoms with Gasteiger partial charge >= 0.3 is 0 Å². The standard InChI is InChI=1S/C18H36N4O2.HI/c1-4-21(3)13-10-20-18(19-2)22-11-8-16(9-12-22)24-15-17-7-5-6-14-23-17;/h16-17H,4-15H2,1-3H3,(H,19,20);1H. The molecule has 0 spiro atoms. The summed E-state index contributed by atoms with van der Waals surface area (Å²) in [5.41, 5.74) is 0. The van der Waals surface area contributed by atoms with E-state index in [1.165, 1.54) is 12.8 Å². The van der Waals surface area contributed by atoms with E-state index in [2.05, 4.69) is 34.1 Å². The van der Waals surface area contributed by atoms with Crippen molar-refractivity contribution in [3.8, 4) is 0 Å². The molecule has 2 aliphatic rings. The van der Waals surface area contributed by atoms with E-state index in [1.807, 2.05) is 7.05 Å². The van der Waals surface area contributed by atoms with E-state index in [9.17, 15) is 0 Å². The summed E-state index contributed by atoms with van der Waals surface area (Å²) in [5.74, 6) is 1.02. The second-order valence-electron chi connectivity index (χ2n) is 6.88. The monoisotopic (exact) mass is 468 g/mol. The predicted octanol–water partition coefficient (Wildman–Crippen LogP) is 2.18. The molecule has 2 rings (SSSR count). The Morgan fingerprint density at radius 2 is 2.04 bits per heavy atom. The van der Waals surface area contributed by atoms with Gasteiger partial charge in [0, 0.05) is 39.8 Å². The lowest BCUT2D eigenvalue weighted by Gasteiger charge is -2.35. The lowest BCUT2D eigenvalue weighted by Crippen LogP contribution is -2.48. The highest BCUT2D eigenvalue weighted by molar-refractivity contribution is 14.0. The maximum Gasteiger partial charge on any atom is 0.193 e. The van der Waals surface area contributed by atoms with Gasteiger partial charge in [0.05, 0.1) is 18.8 Å². The number of rotatable bonds is 7. The lowest BCUT2D eigenvalue weighted by molar-refractivity contribution is -0.0721. The normalized spacial score (nSPS) is 22.8. The number of aliphatic imine (C=N–C) groups is 1. The van der Waals surface area contributed by atoms with Crippen LogP contribution in [0, 0.1) is 0 Å². The molecule has 6 nitrogen and oxygen atoms in total. The van der Waals surface area contributed by atoms with Crippen molar-refractivity contribution in [3.05, 3.63) is 0 Å². The number of nitrogens with one attached hydrogen (secondary N) is 1. The zero-order valence-corrected chi connectivity index (χ0v) is 18.5. The Hall–Kier alpha value is -0.120. The molecule has 1 unspecified atom stereocenters. The average Bonchev–Trinajstić information content (AvgIpc) is 2.65. The van der Waals surface area contributed by atoms with E-state index in [0.717, 1.165) is 71.2 Å². The summed E-state index contributed by atoms with van der Waals surface area (Å²) < 4.78 is 11.8. The minimum Gasteiger partial charge on any atom is -0.376 e. The first-order valence-corrected chi connectivity index (χ1v) is 9.60. The van der Waals surface area contributed by atoms with Crippen LogP contribution in [-0.2, 0) is 9.47 Å². The quantitative estimate of drug-likeness (QED) is 0.353. The van der Waals surface area contributed by atoms with Crippen LogP contribution in [-0.4, -0.2) is 88.0 Å². The van der Waals surface area contributed by atoms with Crippen LogP contribution >= 0.6 is 24.0 Å². The first-order valence-electron chi connectivity index (χ1n) is 9.60. The molecule has 0 amide bonds. The van der Waals surface area contributed by atoms with Crippen molar-refractivity contribution in [2.45, 2.75) is 51.2 Å². The molecule has 148 valence electrons. The van der Waals surface area contributed by atoms with Crippen molar-refractivity contribution >= 4 is 29.9 Å². The van der Waals surface area contributed by atoms with Crippen molar-refractivity contribution in [1.29, 1.82) is 0 Å². The van der Waals surface area contributed by atoms with Crippen LogP contribution in [0.2, 0.25) is 0 Å². The molecule has 25 heavy (non-hydrogen) atoms. The summed E-state index contributed by atoms with van der Waals surface area (Å²) >= 11 is 0. The Bertz CT molecular complexity index is 370. The van der Waals surface area contributed by atoms with Crippen LogP contribution < -0.4 is 5.32 Å². The van der Waals surface area contributed by atoms with Crippen molar-refractivity contribution in [3.63, 3.8) is 0 Å². The first-order chi connectivity index (χ1) is 11.7. The molecule has 1 N–H and O–H groups in total. The number of halogens is 1. The van der Waals surface area contributed by atoms with Crippen LogP contribution in [0.25, 0.3) is 0 Å². The Morgan fingerprint density at radius 1 is 1.28 bits per heavy atom. The van der Waals surface area contributed by atoms with Gasteiger partial charge in [-0.05, 0) is 45.7 Å². The first kappa shape index (κ1) is 22.9. The number of hydrogen-bond donors (Lipinski definition) is 1. The van der Waals surface area contributed by atoms with Crippen LogP contribution in [0.1, 0.15) is 39.0 Å². The van der Waals surface area contributed by atoms with Gasteiger partial charge in [-0.2, -0.15) is 0 Å². The van der Waals surface area contributed by atoms with E-state index in [-0.39, 0.29) is 24.0 Å². The largest absolute Gasteiger partial charge is 0.376 e. The lowest BCUT2D eigenvalue weighted by atomic mass is 10.1. The minimum atomic E-state index is 0. The number of guanidine groups is 1. The van der Waals surface area contributed by atoms with E-state index in [4.69, 9.17) is 9.47 Å². The average molecular weight is 468 g/mol. The maximum absolute atomic E-state index is 6.09. The highest BCUT2D eigenvalue weighted by atomic mass is 127. The van der Waals surface area contributed by atoms with Gasteiger partial charge in [0.2, 0.25) is 0 Å². The molecule has 0 aromatic carbocycles. The summed E-state index contributed by atoms with van der Waals surface area (Å²) in [6.45, 7) is 8.93. The molecule has 0 aromatic rings. The molecule has 7 heteroatoms. The van der Waals surface area contributed by atoms with Gasteiger partial charge in [0.1, 0.15) is 0 Å². The van der Waals surface area contributed by atoms with Gasteiger partial charge in [-0.25, -0.2) is 0 Å². The Morgan fingerprint density at radius 3 is 2.64 bits per heavy atom. The molecular formula is C18H37IN4O2. The molecule has 0 aliphatic carbocycles. The molecular weight excluding hydrogens is 431 g/mol. The van der Waals surface area contributed by atoms with Gasteiger partial charge in [-0.15, -0.1) is 24.0 Å². The maximum atomic E-state index is 6.09. The van der Waals surface area contributed by atoms with Crippen LogP contribution in [0.3, 0.4) is 0 Å². The zero-order valence-electron chi connectivity index (χ0n) is 16.2. The highest BCUT2D eigenvalue weighted by Crippen LogP contribution is 2.17. The van der Waals surface area contributed by atoms with Crippen LogP contribution in [0.5, 0.6) is 0 Å². The minimum absolute atomic E-state index is 0. The van der Waals surface area contributed by atoms with Crippen molar-refractivity contribution in [2.24, 2.45) is 4.99 Å². The fraction of sp³-hybridized carbons (Fsp3) is 0.944. The third-order valence-electron chi connectivity index (χ3n) is 5.06. The summed E-state index contributed by atoms with van der Waals surface area (Å²) in [6, 6.07) is 0. The Kier molecular flexibility index (Phi) is 12.0. The fourth-order valence-electron chi connectivity index (χ4n) is 3.27. The van der Waals surface area contributed by atoms with Crippen molar-refractivity contribution in [2.75, 3.05) is 60.0 Å². The van der Waals surface area contributed by atoms with Crippen molar-refractivity contribution < 1.29 is 9.47 Å². The van der Waals surface area contributed by atoms with Gasteiger partial charge in [0.15, 0.2) is 5.96 Å². The van der Waals surface area contributed by atoms with Crippen molar-refractivity contribution in [1.82, 2.24) is 15.1 Å². The number of likely N-dealkylation sites (N-methyl/N-ethyl adjacent to an activating group) is 1. The highest BCUT2D eigenvalue weighted by Gasteiger charge is 2.23. The van der Waals surface area contributed by atoms with Crippen LogP contribution in [0.15, 0.2) is 4.99 Å². The van der Waals surface area contributed by atoms with E-state index < -0.39 is 0 Å². The Balaban J connectivity index is 0.00000312. The number of likely N-dealkylation sites (tertiary alicyclic amines) is 1. The number of piperidine rings is 1. The van der Waals surface area contributed by atoms with Gasteiger partial charge < -0.3 is 24.6 Å². The van der Waals surface area contributed by atoms with E-state index in [0.29, 0.717) is 12.2 Å². The number of hydrogen-bond acceptors (Lipinski definition) is 4. The van der Waals surface area contributed by atoms with Gasteiger partial charge in [-0.1, -0.05) is 6.92 Å². The van der Waals surface area contributed by atoms with E-state index in [1.54, 1.807) is 0 Å². The smallest absolute Gasteiger partial charge is 0.193 e. The molecule has 2 aliphatic heterocycles. The number of ether oxygens (including phenoxy) is 2. The third-order valence-corrected chi connectivity index (χ3v) is 5.06. The second-order valence-corrected chi connectivity index (χ2v) is 6.88. The number of nitrogens with zero attached hydrogens (tertiary/aromatic N) is 3. The molecule has 2 saturated heterocycles. The molecule has 0 aromatic heterocycles. The summed E-state index contributed by atoms with van der Waals surface area (Å²) in [7, 11) is 4.01. The SMILES string of the molecule is CCN(C)CCNC(=NC)N1CCC(OCC2CCCCO2)CC1.I. The molecule has 1 atom stereocenters.